The first-order valence-corrected chi connectivity index (χ1v) is 11.0. The summed E-state index contributed by atoms with van der Waals surface area (Å²) in [6.07, 6.45) is 0.753. The van der Waals surface area contributed by atoms with E-state index in [1.54, 1.807) is 19.2 Å². The van der Waals surface area contributed by atoms with Crippen LogP contribution in [0.1, 0.15) is 44.9 Å². The van der Waals surface area contributed by atoms with Crippen molar-refractivity contribution in [3.63, 3.8) is 0 Å². The molecule has 0 fully saturated rings. The lowest BCUT2D eigenvalue weighted by Crippen LogP contribution is -2.25. The van der Waals surface area contributed by atoms with Gasteiger partial charge in [0, 0.05) is 24.2 Å². The van der Waals surface area contributed by atoms with E-state index in [2.05, 4.69) is 16.5 Å². The van der Waals surface area contributed by atoms with Crippen molar-refractivity contribution < 1.29 is 14.3 Å². The van der Waals surface area contributed by atoms with E-state index in [9.17, 15) is 4.79 Å². The van der Waals surface area contributed by atoms with Gasteiger partial charge in [-0.2, -0.15) is 5.10 Å². The Morgan fingerprint density at radius 2 is 1.88 bits per heavy atom. The molecule has 3 aromatic rings. The number of amides is 1. The van der Waals surface area contributed by atoms with Crippen LogP contribution in [0.4, 0.5) is 0 Å². The molecule has 0 radical (unpaired) electrons. The number of nitrogens with one attached hydrogen (secondary N) is 1. The van der Waals surface area contributed by atoms with Gasteiger partial charge in [-0.25, -0.2) is 0 Å². The Bertz CT molecular complexity index is 1110. The van der Waals surface area contributed by atoms with Gasteiger partial charge in [0.05, 0.1) is 23.5 Å². The normalized spacial score (nSPS) is 10.8. The molecule has 32 heavy (non-hydrogen) atoms. The average Bonchev–Trinajstić information content (AvgIpc) is 3.03. The fourth-order valence-corrected chi connectivity index (χ4v) is 3.61. The van der Waals surface area contributed by atoms with Crippen LogP contribution in [0.3, 0.4) is 0 Å². The third-order valence-electron chi connectivity index (χ3n) is 5.39. The number of hydrogen-bond acceptors (Lipinski definition) is 4. The second-order valence-electron chi connectivity index (χ2n) is 7.90. The topological polar surface area (TPSA) is 65.4 Å². The molecular weight excluding hydrogens is 426 g/mol. The summed E-state index contributed by atoms with van der Waals surface area (Å²) in [7, 11) is 1.61. The van der Waals surface area contributed by atoms with E-state index >= 15 is 0 Å². The molecule has 0 saturated carbocycles. The Morgan fingerprint density at radius 1 is 1.09 bits per heavy atom. The van der Waals surface area contributed by atoms with Gasteiger partial charge < -0.3 is 14.8 Å². The number of rotatable bonds is 9. The number of hydrogen-bond donors (Lipinski definition) is 1. The van der Waals surface area contributed by atoms with Crippen LogP contribution >= 0.6 is 11.6 Å². The molecule has 0 aliphatic heterocycles. The van der Waals surface area contributed by atoms with Gasteiger partial charge in [0.25, 0.3) is 5.91 Å². The summed E-state index contributed by atoms with van der Waals surface area (Å²) in [5, 5.41) is 8.08. The number of ether oxygens (including phenoxy) is 2. The van der Waals surface area contributed by atoms with Crippen molar-refractivity contribution in [2.24, 2.45) is 0 Å². The number of aromatic nitrogens is 2. The fourth-order valence-electron chi connectivity index (χ4n) is 3.48. The number of carbonyl (C=O) groups is 1. The van der Waals surface area contributed by atoms with Crippen molar-refractivity contribution in [2.45, 2.75) is 47.3 Å². The molecule has 0 aliphatic rings. The third-order valence-corrected chi connectivity index (χ3v) is 5.94. The van der Waals surface area contributed by atoms with Gasteiger partial charge in [0.15, 0.2) is 0 Å². The largest absolute Gasteiger partial charge is 0.496 e. The molecule has 2 aromatic carbocycles. The Morgan fingerprint density at radius 3 is 2.56 bits per heavy atom. The van der Waals surface area contributed by atoms with Crippen molar-refractivity contribution in [1.29, 1.82) is 0 Å². The van der Waals surface area contributed by atoms with E-state index in [0.29, 0.717) is 36.0 Å². The standard InChI is InChI=1S/C25H30ClN3O3/c1-16-7-8-17(2)23(13-16)32-15-21-14-20(9-10-22(21)31-5)25(30)27-11-6-12-29-19(4)24(26)18(3)28-29/h7-10,13-14H,6,11-12,15H2,1-5H3,(H,27,30). The van der Waals surface area contributed by atoms with Crippen LogP contribution in [-0.2, 0) is 13.2 Å². The molecule has 0 saturated heterocycles. The number of methoxy groups -OCH3 is 1. The predicted octanol–water partition coefficient (Wildman–Crippen LogP) is 5.18. The second-order valence-corrected chi connectivity index (χ2v) is 8.28. The number of aryl methyl sites for hydroxylation is 4. The lowest BCUT2D eigenvalue weighted by atomic mass is 10.1. The van der Waals surface area contributed by atoms with E-state index in [-0.39, 0.29) is 5.91 Å². The van der Waals surface area contributed by atoms with Gasteiger partial charge in [0.2, 0.25) is 0 Å². The minimum Gasteiger partial charge on any atom is -0.496 e. The minimum atomic E-state index is -0.132. The molecule has 170 valence electrons. The summed E-state index contributed by atoms with van der Waals surface area (Å²) in [5.74, 6) is 1.38. The van der Waals surface area contributed by atoms with Crippen molar-refractivity contribution >= 4 is 17.5 Å². The number of benzene rings is 2. The highest BCUT2D eigenvalue weighted by atomic mass is 35.5. The molecule has 0 spiro atoms. The van der Waals surface area contributed by atoms with Crippen molar-refractivity contribution in [3.05, 3.63) is 75.1 Å². The third kappa shape index (κ3) is 5.62. The molecule has 7 heteroatoms. The Labute approximate surface area is 194 Å². The van der Waals surface area contributed by atoms with Crippen molar-refractivity contribution in [1.82, 2.24) is 15.1 Å². The van der Waals surface area contributed by atoms with Crippen molar-refractivity contribution in [2.75, 3.05) is 13.7 Å². The molecule has 1 amide bonds. The maximum absolute atomic E-state index is 12.7. The summed E-state index contributed by atoms with van der Waals surface area (Å²) in [5.41, 5.74) is 5.35. The first-order valence-electron chi connectivity index (χ1n) is 10.6. The molecule has 0 atom stereocenters. The van der Waals surface area contributed by atoms with Gasteiger partial charge >= 0.3 is 0 Å². The zero-order chi connectivity index (χ0) is 23.3. The zero-order valence-corrected chi connectivity index (χ0v) is 20.0. The second kappa shape index (κ2) is 10.6. The van der Waals surface area contributed by atoms with Gasteiger partial charge in [-0.3, -0.25) is 9.48 Å². The van der Waals surface area contributed by atoms with Gasteiger partial charge in [-0.05, 0) is 69.5 Å². The van der Waals surface area contributed by atoms with Gasteiger partial charge in [0.1, 0.15) is 18.1 Å². The molecule has 0 unspecified atom stereocenters. The summed E-state index contributed by atoms with van der Waals surface area (Å²) in [6, 6.07) is 11.5. The summed E-state index contributed by atoms with van der Waals surface area (Å²) < 4.78 is 13.4. The average molecular weight is 456 g/mol. The lowest BCUT2D eigenvalue weighted by molar-refractivity contribution is 0.0952. The Balaban J connectivity index is 1.60. The van der Waals surface area contributed by atoms with Crippen LogP contribution in [0.5, 0.6) is 11.5 Å². The summed E-state index contributed by atoms with van der Waals surface area (Å²) in [4.78, 5) is 12.7. The molecule has 1 N–H and O–H groups in total. The molecular formula is C25H30ClN3O3. The first-order chi connectivity index (χ1) is 15.3. The highest BCUT2D eigenvalue weighted by Crippen LogP contribution is 2.25. The first kappa shape index (κ1) is 23.7. The van der Waals surface area contributed by atoms with Crippen LogP contribution in [0, 0.1) is 27.7 Å². The highest BCUT2D eigenvalue weighted by Gasteiger charge is 2.12. The Kier molecular flexibility index (Phi) is 7.80. The van der Waals surface area contributed by atoms with Crippen LogP contribution in [-0.4, -0.2) is 29.3 Å². The van der Waals surface area contributed by atoms with Gasteiger partial charge in [-0.1, -0.05) is 23.7 Å². The fraction of sp³-hybridized carbons (Fsp3) is 0.360. The number of nitrogens with zero attached hydrogens (tertiary/aromatic N) is 2. The number of halogens is 1. The van der Waals surface area contributed by atoms with E-state index in [4.69, 9.17) is 21.1 Å². The molecule has 1 heterocycles. The van der Waals surface area contributed by atoms with Crippen LogP contribution < -0.4 is 14.8 Å². The van der Waals surface area contributed by atoms with Crippen molar-refractivity contribution in [3.8, 4) is 11.5 Å². The molecule has 0 aliphatic carbocycles. The lowest BCUT2D eigenvalue weighted by Gasteiger charge is -2.14. The minimum absolute atomic E-state index is 0.132. The summed E-state index contributed by atoms with van der Waals surface area (Å²) >= 11 is 6.19. The molecule has 3 rings (SSSR count). The predicted molar refractivity (Wildman–Crippen MR) is 127 cm³/mol. The molecule has 1 aromatic heterocycles. The quantitative estimate of drug-likeness (QED) is 0.451. The Hall–Kier alpha value is -2.99. The van der Waals surface area contributed by atoms with E-state index in [1.165, 1.54) is 0 Å². The number of carbonyl (C=O) groups excluding carboxylic acids is 1. The molecule has 0 bridgehead atoms. The maximum atomic E-state index is 12.7. The maximum Gasteiger partial charge on any atom is 0.251 e. The monoisotopic (exact) mass is 455 g/mol. The van der Waals surface area contributed by atoms with Crippen LogP contribution in [0.25, 0.3) is 0 Å². The summed E-state index contributed by atoms with van der Waals surface area (Å²) in [6.45, 7) is 9.41. The van der Waals surface area contributed by atoms with Crippen LogP contribution in [0.15, 0.2) is 36.4 Å². The van der Waals surface area contributed by atoms with E-state index in [0.717, 1.165) is 40.2 Å². The van der Waals surface area contributed by atoms with E-state index in [1.807, 2.05) is 50.6 Å². The highest BCUT2D eigenvalue weighted by molar-refractivity contribution is 6.31. The van der Waals surface area contributed by atoms with Gasteiger partial charge in [-0.15, -0.1) is 0 Å². The zero-order valence-electron chi connectivity index (χ0n) is 19.3. The molecule has 6 nitrogen and oxygen atoms in total. The van der Waals surface area contributed by atoms with Crippen LogP contribution in [0.2, 0.25) is 5.02 Å². The van der Waals surface area contributed by atoms with E-state index < -0.39 is 0 Å². The SMILES string of the molecule is COc1ccc(C(=O)NCCCn2nc(C)c(Cl)c2C)cc1COc1cc(C)ccc1C. The smallest absolute Gasteiger partial charge is 0.251 e.